The van der Waals surface area contributed by atoms with Crippen LogP contribution < -0.4 is 10.6 Å². The number of benzene rings is 1. The second kappa shape index (κ2) is 7.37. The number of Topliss-reactive ketones (excluding diaryl/α,β-unsaturated/α-hetero) is 1. The molecule has 0 unspecified atom stereocenters. The fourth-order valence-corrected chi connectivity index (χ4v) is 2.10. The molecular formula is C17H23N3O3. The monoisotopic (exact) mass is 317 g/mol. The number of carbonyl (C=O) groups is 3. The molecule has 1 aliphatic rings. The van der Waals surface area contributed by atoms with E-state index in [0.29, 0.717) is 17.3 Å². The molecule has 23 heavy (non-hydrogen) atoms. The van der Waals surface area contributed by atoms with Gasteiger partial charge >= 0.3 is 0 Å². The molecule has 6 heteroatoms. The highest BCUT2D eigenvalue weighted by molar-refractivity contribution is 5.97. The summed E-state index contributed by atoms with van der Waals surface area (Å²) in [6, 6.07) is 6.62. The third-order valence-corrected chi connectivity index (χ3v) is 3.94. The number of likely N-dealkylation sites (N-methyl/N-ethyl adjacent to an activating group) is 1. The van der Waals surface area contributed by atoms with Crippen molar-refractivity contribution in [1.82, 2.24) is 10.2 Å². The molecule has 2 N–H and O–H groups in total. The van der Waals surface area contributed by atoms with Gasteiger partial charge in [0.2, 0.25) is 11.8 Å². The summed E-state index contributed by atoms with van der Waals surface area (Å²) in [4.78, 5) is 36.9. The lowest BCUT2D eigenvalue weighted by Crippen LogP contribution is -2.45. The van der Waals surface area contributed by atoms with E-state index in [0.717, 1.165) is 12.8 Å². The molecule has 0 bridgehead atoms. The number of anilines is 1. The number of ketones is 1. The summed E-state index contributed by atoms with van der Waals surface area (Å²) in [6.45, 7) is 3.44. The first kappa shape index (κ1) is 17.1. The summed E-state index contributed by atoms with van der Waals surface area (Å²) in [6.07, 6.45) is 2.09. The van der Waals surface area contributed by atoms with Crippen LogP contribution in [0.5, 0.6) is 0 Å². The summed E-state index contributed by atoms with van der Waals surface area (Å²) in [5.41, 5.74) is 1.23. The van der Waals surface area contributed by atoms with Gasteiger partial charge in [-0.25, -0.2) is 0 Å². The average Bonchev–Trinajstić information content (AvgIpc) is 3.30. The quantitative estimate of drug-likeness (QED) is 0.746. The smallest absolute Gasteiger partial charge is 0.241 e. The molecule has 0 heterocycles. The number of hydrogen-bond donors (Lipinski definition) is 2. The summed E-state index contributed by atoms with van der Waals surface area (Å²) in [5.74, 6) is -0.264. The summed E-state index contributed by atoms with van der Waals surface area (Å²) in [5, 5.41) is 5.69. The molecule has 0 radical (unpaired) electrons. The van der Waals surface area contributed by atoms with Gasteiger partial charge in [-0.3, -0.25) is 19.3 Å². The molecule has 1 aromatic rings. The van der Waals surface area contributed by atoms with Crippen LogP contribution in [0.25, 0.3) is 0 Å². The lowest BCUT2D eigenvalue weighted by atomic mass is 10.1. The third kappa shape index (κ3) is 5.17. The van der Waals surface area contributed by atoms with Crippen molar-refractivity contribution in [2.75, 3.05) is 18.9 Å². The number of rotatable bonds is 7. The van der Waals surface area contributed by atoms with Gasteiger partial charge in [-0.1, -0.05) is 0 Å². The lowest BCUT2D eigenvalue weighted by Gasteiger charge is -2.23. The largest absolute Gasteiger partial charge is 0.352 e. The van der Waals surface area contributed by atoms with Gasteiger partial charge in [0.25, 0.3) is 0 Å². The predicted octanol–water partition coefficient (Wildman–Crippen LogP) is 1.43. The van der Waals surface area contributed by atoms with Gasteiger partial charge in [0.1, 0.15) is 0 Å². The van der Waals surface area contributed by atoms with E-state index in [-0.39, 0.29) is 24.1 Å². The lowest BCUT2D eigenvalue weighted by molar-refractivity contribution is -0.124. The van der Waals surface area contributed by atoms with Crippen LogP contribution in [0.2, 0.25) is 0 Å². The number of carbonyl (C=O) groups excluding carboxylic acids is 3. The van der Waals surface area contributed by atoms with E-state index in [9.17, 15) is 14.4 Å². The van der Waals surface area contributed by atoms with Crippen molar-refractivity contribution in [3.05, 3.63) is 29.8 Å². The predicted molar refractivity (Wildman–Crippen MR) is 88.3 cm³/mol. The Morgan fingerprint density at radius 3 is 2.35 bits per heavy atom. The Bertz CT molecular complexity index is 594. The van der Waals surface area contributed by atoms with Crippen LogP contribution in [0, 0.1) is 0 Å². The Kier molecular flexibility index (Phi) is 5.50. The van der Waals surface area contributed by atoms with Gasteiger partial charge in [0.15, 0.2) is 5.78 Å². The van der Waals surface area contributed by atoms with Crippen LogP contribution in [-0.2, 0) is 9.59 Å². The highest BCUT2D eigenvalue weighted by Gasteiger charge is 2.25. The molecule has 1 fully saturated rings. The minimum atomic E-state index is -0.438. The average molecular weight is 317 g/mol. The summed E-state index contributed by atoms with van der Waals surface area (Å²) >= 11 is 0. The summed E-state index contributed by atoms with van der Waals surface area (Å²) in [7, 11) is 1.75. The zero-order valence-corrected chi connectivity index (χ0v) is 13.8. The Morgan fingerprint density at radius 2 is 1.83 bits per heavy atom. The number of nitrogens with one attached hydrogen (secondary N) is 2. The highest BCUT2D eigenvalue weighted by atomic mass is 16.2. The zero-order valence-electron chi connectivity index (χ0n) is 13.8. The van der Waals surface area contributed by atoms with Crippen LogP contribution in [-0.4, -0.2) is 48.2 Å². The van der Waals surface area contributed by atoms with E-state index in [1.165, 1.54) is 6.92 Å². The first-order valence-corrected chi connectivity index (χ1v) is 7.78. The Balaban J connectivity index is 1.85. The molecule has 0 spiro atoms. The van der Waals surface area contributed by atoms with Crippen LogP contribution in [0.15, 0.2) is 24.3 Å². The third-order valence-electron chi connectivity index (χ3n) is 3.94. The molecule has 124 valence electrons. The van der Waals surface area contributed by atoms with Crippen molar-refractivity contribution in [1.29, 1.82) is 0 Å². The maximum absolute atomic E-state index is 12.2. The molecule has 1 atom stereocenters. The Labute approximate surface area is 136 Å². The standard InChI is InChI=1S/C17H23N3O3/c1-11(20(3)10-16(22)18-14-8-9-14)17(23)19-15-6-4-13(5-7-15)12(2)21/h4-7,11,14H,8-10H2,1-3H3,(H,18,22)(H,19,23)/t11-/m1/s1. The van der Waals surface area contributed by atoms with Gasteiger partial charge in [0, 0.05) is 17.3 Å². The number of nitrogens with zero attached hydrogens (tertiary/aromatic N) is 1. The molecule has 2 amide bonds. The van der Waals surface area contributed by atoms with Gasteiger partial charge in [-0.15, -0.1) is 0 Å². The number of amides is 2. The number of hydrogen-bond acceptors (Lipinski definition) is 4. The van der Waals surface area contributed by atoms with Crippen molar-refractivity contribution in [2.24, 2.45) is 0 Å². The van der Waals surface area contributed by atoms with Crippen LogP contribution in [0.1, 0.15) is 37.0 Å². The van der Waals surface area contributed by atoms with Crippen LogP contribution in [0.3, 0.4) is 0 Å². The second-order valence-electron chi connectivity index (χ2n) is 6.06. The van der Waals surface area contributed by atoms with E-state index in [4.69, 9.17) is 0 Å². The molecule has 2 rings (SSSR count). The minimum absolute atomic E-state index is 0.0161. The first-order chi connectivity index (χ1) is 10.9. The highest BCUT2D eigenvalue weighted by Crippen LogP contribution is 2.18. The fraction of sp³-hybridized carbons (Fsp3) is 0.471. The molecule has 0 aromatic heterocycles. The van der Waals surface area contributed by atoms with Crippen LogP contribution in [0.4, 0.5) is 5.69 Å². The first-order valence-electron chi connectivity index (χ1n) is 7.78. The fourth-order valence-electron chi connectivity index (χ4n) is 2.10. The van der Waals surface area contributed by atoms with Crippen molar-refractivity contribution >= 4 is 23.3 Å². The SMILES string of the molecule is CC(=O)c1ccc(NC(=O)[C@@H](C)N(C)CC(=O)NC2CC2)cc1. The summed E-state index contributed by atoms with van der Waals surface area (Å²) < 4.78 is 0. The topological polar surface area (TPSA) is 78.5 Å². The van der Waals surface area contributed by atoms with Crippen molar-refractivity contribution in [2.45, 2.75) is 38.8 Å². The normalized spacial score (nSPS) is 15.1. The van der Waals surface area contributed by atoms with Gasteiger partial charge in [0.05, 0.1) is 12.6 Å². The zero-order chi connectivity index (χ0) is 17.0. The molecule has 0 saturated heterocycles. The van der Waals surface area contributed by atoms with E-state index < -0.39 is 6.04 Å². The van der Waals surface area contributed by atoms with E-state index in [1.807, 2.05) is 0 Å². The molecule has 1 aliphatic carbocycles. The van der Waals surface area contributed by atoms with Gasteiger partial charge in [-0.2, -0.15) is 0 Å². The van der Waals surface area contributed by atoms with Gasteiger partial charge < -0.3 is 10.6 Å². The maximum atomic E-state index is 12.2. The van der Waals surface area contributed by atoms with Gasteiger partial charge in [-0.05, 0) is 58.0 Å². The van der Waals surface area contributed by atoms with E-state index in [1.54, 1.807) is 43.1 Å². The molecule has 1 aromatic carbocycles. The molecule has 1 saturated carbocycles. The van der Waals surface area contributed by atoms with Crippen molar-refractivity contribution in [3.63, 3.8) is 0 Å². The second-order valence-corrected chi connectivity index (χ2v) is 6.06. The Morgan fingerprint density at radius 1 is 1.22 bits per heavy atom. The van der Waals surface area contributed by atoms with Crippen LogP contribution >= 0.6 is 0 Å². The molecule has 6 nitrogen and oxygen atoms in total. The maximum Gasteiger partial charge on any atom is 0.241 e. The Hall–Kier alpha value is -2.21. The molecule has 0 aliphatic heterocycles. The van der Waals surface area contributed by atoms with E-state index >= 15 is 0 Å². The van der Waals surface area contributed by atoms with Crippen molar-refractivity contribution < 1.29 is 14.4 Å². The van der Waals surface area contributed by atoms with Crippen molar-refractivity contribution in [3.8, 4) is 0 Å². The minimum Gasteiger partial charge on any atom is -0.352 e. The molecular weight excluding hydrogens is 294 g/mol. The van der Waals surface area contributed by atoms with E-state index in [2.05, 4.69) is 10.6 Å².